The lowest BCUT2D eigenvalue weighted by Gasteiger charge is -2.36. The summed E-state index contributed by atoms with van der Waals surface area (Å²) in [4.78, 5) is 28.6. The van der Waals surface area contributed by atoms with Crippen molar-refractivity contribution in [1.82, 2.24) is 19.9 Å². The monoisotopic (exact) mass is 345 g/mol. The summed E-state index contributed by atoms with van der Waals surface area (Å²) in [7, 11) is 0. The highest BCUT2D eigenvalue weighted by molar-refractivity contribution is 7.18. The van der Waals surface area contributed by atoms with Crippen molar-refractivity contribution in [3.8, 4) is 10.6 Å². The second kappa shape index (κ2) is 6.47. The molecular weight excluding hydrogens is 322 g/mol. The molecule has 128 valence electrons. The number of likely N-dealkylation sites (tertiary alicyclic amines) is 1. The molecule has 2 aromatic heterocycles. The predicted molar refractivity (Wildman–Crippen MR) is 95.6 cm³/mol. The summed E-state index contributed by atoms with van der Waals surface area (Å²) in [6, 6.07) is 0. The van der Waals surface area contributed by atoms with Crippen molar-refractivity contribution in [3.63, 3.8) is 0 Å². The van der Waals surface area contributed by atoms with Gasteiger partial charge in [-0.15, -0.1) is 0 Å². The molecule has 0 aliphatic carbocycles. The largest absolute Gasteiger partial charge is 0.375 e. The molecule has 3 heterocycles. The van der Waals surface area contributed by atoms with Crippen LogP contribution in [0.4, 0.5) is 5.13 Å². The molecule has 1 aliphatic heterocycles. The number of hydrogen-bond acceptors (Lipinski definition) is 6. The third kappa shape index (κ3) is 3.56. The van der Waals surface area contributed by atoms with Gasteiger partial charge in [0.2, 0.25) is 5.91 Å². The molecule has 0 radical (unpaired) electrons. The van der Waals surface area contributed by atoms with E-state index < -0.39 is 0 Å². The molecule has 1 amide bonds. The number of hydrogen-bond donors (Lipinski definition) is 1. The molecule has 2 N–H and O–H groups in total. The average molecular weight is 345 g/mol. The van der Waals surface area contributed by atoms with Gasteiger partial charge in [0.05, 0.1) is 16.8 Å². The number of aromatic nitrogens is 3. The number of carbonyl (C=O) groups is 1. The van der Waals surface area contributed by atoms with Gasteiger partial charge >= 0.3 is 0 Å². The molecular formula is C17H23N5OS. The van der Waals surface area contributed by atoms with Gasteiger partial charge in [0.25, 0.3) is 0 Å². The van der Waals surface area contributed by atoms with Gasteiger partial charge in [0.15, 0.2) is 5.13 Å². The number of rotatable bonds is 2. The number of carbonyl (C=O) groups excluding carboxylic acids is 1. The highest BCUT2D eigenvalue weighted by Gasteiger charge is 2.32. The molecule has 3 rings (SSSR count). The molecule has 0 bridgehead atoms. The Balaban J connectivity index is 1.80. The Morgan fingerprint density at radius 1 is 1.33 bits per heavy atom. The Hall–Kier alpha value is -2.02. The molecule has 1 fully saturated rings. The first-order valence-corrected chi connectivity index (χ1v) is 8.99. The molecule has 1 saturated heterocycles. The van der Waals surface area contributed by atoms with Crippen molar-refractivity contribution in [3.05, 3.63) is 24.3 Å². The SMILES string of the molecule is CC(C)(C)C(=O)N1CCCC(c2cncc(-c3cnc(N)s3)n2)C1. The molecule has 1 atom stereocenters. The number of thiazole rings is 1. The topological polar surface area (TPSA) is 85.0 Å². The average Bonchev–Trinajstić information content (AvgIpc) is 3.00. The summed E-state index contributed by atoms with van der Waals surface area (Å²) in [6.07, 6.45) is 7.29. The Bertz CT molecular complexity index is 737. The number of nitrogens with two attached hydrogens (primary N) is 1. The van der Waals surface area contributed by atoms with Crippen LogP contribution in [0.15, 0.2) is 18.6 Å². The van der Waals surface area contributed by atoms with Gasteiger partial charge in [-0.2, -0.15) is 0 Å². The smallest absolute Gasteiger partial charge is 0.227 e. The Morgan fingerprint density at radius 3 is 2.79 bits per heavy atom. The van der Waals surface area contributed by atoms with Crippen LogP contribution in [0.2, 0.25) is 0 Å². The number of anilines is 1. The molecule has 2 aromatic rings. The van der Waals surface area contributed by atoms with Crippen LogP contribution in [0.1, 0.15) is 45.2 Å². The fourth-order valence-corrected chi connectivity index (χ4v) is 3.62. The van der Waals surface area contributed by atoms with Gasteiger partial charge < -0.3 is 10.6 Å². The first-order chi connectivity index (χ1) is 11.3. The summed E-state index contributed by atoms with van der Waals surface area (Å²) in [5.41, 5.74) is 7.08. The maximum Gasteiger partial charge on any atom is 0.227 e. The Labute approximate surface area is 146 Å². The number of nitrogen functional groups attached to an aromatic ring is 1. The summed E-state index contributed by atoms with van der Waals surface area (Å²) in [6.45, 7) is 7.43. The van der Waals surface area contributed by atoms with E-state index in [-0.39, 0.29) is 17.2 Å². The second-order valence-electron chi connectivity index (χ2n) is 7.23. The Kier molecular flexibility index (Phi) is 4.54. The van der Waals surface area contributed by atoms with Crippen molar-refractivity contribution in [2.24, 2.45) is 5.41 Å². The number of piperidine rings is 1. The van der Waals surface area contributed by atoms with Crippen LogP contribution >= 0.6 is 11.3 Å². The molecule has 6 nitrogen and oxygen atoms in total. The van der Waals surface area contributed by atoms with E-state index in [0.29, 0.717) is 11.7 Å². The third-order valence-corrected chi connectivity index (χ3v) is 5.05. The number of amides is 1. The minimum Gasteiger partial charge on any atom is -0.375 e. The van der Waals surface area contributed by atoms with E-state index in [0.717, 1.165) is 35.7 Å². The second-order valence-corrected chi connectivity index (χ2v) is 8.29. The van der Waals surface area contributed by atoms with Crippen molar-refractivity contribution >= 4 is 22.4 Å². The molecule has 1 unspecified atom stereocenters. The Morgan fingerprint density at radius 2 is 2.12 bits per heavy atom. The number of nitrogens with zero attached hydrogens (tertiary/aromatic N) is 4. The normalized spacial score (nSPS) is 18.6. The summed E-state index contributed by atoms with van der Waals surface area (Å²) < 4.78 is 0. The minimum absolute atomic E-state index is 0.201. The highest BCUT2D eigenvalue weighted by Crippen LogP contribution is 2.31. The zero-order valence-corrected chi connectivity index (χ0v) is 15.1. The fraction of sp³-hybridized carbons (Fsp3) is 0.529. The molecule has 7 heteroatoms. The van der Waals surface area contributed by atoms with Crippen LogP contribution in [-0.2, 0) is 4.79 Å². The third-order valence-electron chi connectivity index (χ3n) is 4.20. The molecule has 1 aliphatic rings. The van der Waals surface area contributed by atoms with E-state index in [1.807, 2.05) is 31.9 Å². The summed E-state index contributed by atoms with van der Waals surface area (Å²) >= 11 is 1.40. The lowest BCUT2D eigenvalue weighted by atomic mass is 9.90. The van der Waals surface area contributed by atoms with Crippen LogP contribution in [0.3, 0.4) is 0 Å². The van der Waals surface area contributed by atoms with Gasteiger partial charge in [0, 0.05) is 36.8 Å². The van der Waals surface area contributed by atoms with Gasteiger partial charge in [-0.05, 0) is 12.8 Å². The van der Waals surface area contributed by atoms with E-state index >= 15 is 0 Å². The van der Waals surface area contributed by atoms with Crippen LogP contribution in [0.5, 0.6) is 0 Å². The van der Waals surface area contributed by atoms with E-state index in [4.69, 9.17) is 10.7 Å². The molecule has 0 saturated carbocycles. The van der Waals surface area contributed by atoms with Crippen LogP contribution in [0.25, 0.3) is 10.6 Å². The quantitative estimate of drug-likeness (QED) is 0.904. The first kappa shape index (κ1) is 16.8. The van der Waals surface area contributed by atoms with E-state index in [2.05, 4.69) is 9.97 Å². The van der Waals surface area contributed by atoms with Crippen LogP contribution in [0, 0.1) is 5.41 Å². The van der Waals surface area contributed by atoms with Gasteiger partial charge in [-0.3, -0.25) is 9.78 Å². The fourth-order valence-electron chi connectivity index (χ4n) is 2.98. The minimum atomic E-state index is -0.352. The predicted octanol–water partition coefficient (Wildman–Crippen LogP) is 2.93. The van der Waals surface area contributed by atoms with Gasteiger partial charge in [-0.25, -0.2) is 9.97 Å². The maximum atomic E-state index is 12.6. The lowest BCUT2D eigenvalue weighted by molar-refractivity contribution is -0.140. The van der Waals surface area contributed by atoms with Gasteiger partial charge in [-0.1, -0.05) is 32.1 Å². The van der Waals surface area contributed by atoms with Gasteiger partial charge in [0.1, 0.15) is 5.69 Å². The van der Waals surface area contributed by atoms with E-state index in [1.54, 1.807) is 12.4 Å². The van der Waals surface area contributed by atoms with Crippen LogP contribution < -0.4 is 5.73 Å². The summed E-state index contributed by atoms with van der Waals surface area (Å²) in [5.74, 6) is 0.425. The molecule has 24 heavy (non-hydrogen) atoms. The van der Waals surface area contributed by atoms with Crippen LogP contribution in [-0.4, -0.2) is 38.8 Å². The van der Waals surface area contributed by atoms with Crippen molar-refractivity contribution in [2.45, 2.75) is 39.5 Å². The lowest BCUT2D eigenvalue weighted by Crippen LogP contribution is -2.44. The highest BCUT2D eigenvalue weighted by atomic mass is 32.1. The van der Waals surface area contributed by atoms with Crippen molar-refractivity contribution in [2.75, 3.05) is 18.8 Å². The molecule has 0 aromatic carbocycles. The zero-order valence-electron chi connectivity index (χ0n) is 14.3. The van der Waals surface area contributed by atoms with E-state index in [1.165, 1.54) is 11.3 Å². The molecule has 0 spiro atoms. The zero-order chi connectivity index (χ0) is 17.3. The maximum absolute atomic E-state index is 12.6. The van der Waals surface area contributed by atoms with E-state index in [9.17, 15) is 4.79 Å². The standard InChI is InChI=1S/C17H23N5OS/c1-17(2,3)15(23)22-6-4-5-11(10-22)12-7-19-8-13(21-12)14-9-20-16(18)24-14/h7-9,11H,4-6,10H2,1-3H3,(H2,18,20). The van der Waals surface area contributed by atoms with Crippen molar-refractivity contribution < 1.29 is 4.79 Å². The van der Waals surface area contributed by atoms with Crippen molar-refractivity contribution in [1.29, 1.82) is 0 Å². The first-order valence-electron chi connectivity index (χ1n) is 8.17. The summed E-state index contributed by atoms with van der Waals surface area (Å²) in [5, 5.41) is 0.525.